The molecule has 1 atom stereocenters. The van der Waals surface area contributed by atoms with Gasteiger partial charge >= 0.3 is 6.03 Å². The summed E-state index contributed by atoms with van der Waals surface area (Å²) in [5, 5.41) is 3.13. The lowest BCUT2D eigenvalue weighted by atomic mass is 9.98. The Morgan fingerprint density at radius 3 is 2.09 bits per heavy atom. The average molecular weight is 591 g/mol. The number of piperidine rings is 1. The average Bonchev–Trinajstić information content (AvgIpc) is 3.30. The molecule has 0 spiro atoms. The van der Waals surface area contributed by atoms with Crippen molar-refractivity contribution in [2.75, 3.05) is 37.6 Å². The van der Waals surface area contributed by atoms with E-state index in [9.17, 15) is 9.59 Å². The van der Waals surface area contributed by atoms with Crippen LogP contribution in [-0.2, 0) is 11.4 Å². The normalized spacial score (nSPS) is 17.1. The summed E-state index contributed by atoms with van der Waals surface area (Å²) in [6.07, 6.45) is 8.05. The molecular formula is C36H54N4O3. The van der Waals surface area contributed by atoms with Crippen LogP contribution in [0.5, 0.6) is 5.75 Å². The summed E-state index contributed by atoms with van der Waals surface area (Å²) in [4.78, 5) is 33.3. The van der Waals surface area contributed by atoms with E-state index in [1.165, 1.54) is 18.5 Å². The Kier molecular flexibility index (Phi) is 12.6. The minimum atomic E-state index is -0.465. The third-order valence-corrected chi connectivity index (χ3v) is 8.78. The Labute approximate surface area is 260 Å². The van der Waals surface area contributed by atoms with Gasteiger partial charge in [0.05, 0.1) is 0 Å². The highest BCUT2D eigenvalue weighted by Gasteiger charge is 2.32. The maximum Gasteiger partial charge on any atom is 0.318 e. The number of urea groups is 1. The number of carbonyl (C=O) groups is 2. The van der Waals surface area contributed by atoms with Crippen molar-refractivity contribution in [1.82, 2.24) is 15.1 Å². The molecule has 1 N–H and O–H groups in total. The number of nitrogens with one attached hydrogen (secondary N) is 1. The quantitative estimate of drug-likeness (QED) is 0.286. The Bertz CT molecular complexity index is 1110. The molecular weight excluding hydrogens is 536 g/mol. The van der Waals surface area contributed by atoms with Crippen LogP contribution in [0.1, 0.15) is 84.6 Å². The van der Waals surface area contributed by atoms with Gasteiger partial charge in [0.25, 0.3) is 0 Å². The molecule has 0 saturated carbocycles. The van der Waals surface area contributed by atoms with E-state index in [0.29, 0.717) is 44.0 Å². The highest BCUT2D eigenvalue weighted by Crippen LogP contribution is 2.28. The highest BCUT2D eigenvalue weighted by atomic mass is 16.5. The molecule has 0 unspecified atom stereocenters. The minimum absolute atomic E-state index is 0.0731. The highest BCUT2D eigenvalue weighted by molar-refractivity contribution is 5.87. The van der Waals surface area contributed by atoms with E-state index >= 15 is 0 Å². The number of ether oxygens (including phenoxy) is 1. The first-order chi connectivity index (χ1) is 20.8. The van der Waals surface area contributed by atoms with E-state index in [1.807, 2.05) is 28.0 Å². The maximum atomic E-state index is 13.7. The van der Waals surface area contributed by atoms with Gasteiger partial charge < -0.3 is 24.8 Å². The summed E-state index contributed by atoms with van der Waals surface area (Å²) in [6.45, 7) is 13.3. The number of amides is 3. The first kappa shape index (κ1) is 32.7. The molecule has 7 nitrogen and oxygen atoms in total. The first-order valence-corrected chi connectivity index (χ1v) is 16.7. The molecule has 3 amide bonds. The van der Waals surface area contributed by atoms with Gasteiger partial charge in [-0.3, -0.25) is 4.79 Å². The van der Waals surface area contributed by atoms with E-state index in [-0.39, 0.29) is 11.9 Å². The summed E-state index contributed by atoms with van der Waals surface area (Å²) >= 11 is 0. The van der Waals surface area contributed by atoms with Crippen LogP contribution in [-0.4, -0.2) is 66.5 Å². The van der Waals surface area contributed by atoms with Crippen LogP contribution in [0.25, 0.3) is 0 Å². The number of benzene rings is 2. The molecule has 0 aliphatic carbocycles. The van der Waals surface area contributed by atoms with Gasteiger partial charge in [0, 0.05) is 44.5 Å². The Morgan fingerprint density at radius 1 is 0.837 bits per heavy atom. The van der Waals surface area contributed by atoms with Crippen LogP contribution in [0.3, 0.4) is 0 Å². The van der Waals surface area contributed by atoms with Crippen molar-refractivity contribution in [3.63, 3.8) is 0 Å². The first-order valence-electron chi connectivity index (χ1n) is 16.7. The predicted molar refractivity (Wildman–Crippen MR) is 175 cm³/mol. The van der Waals surface area contributed by atoms with Crippen LogP contribution in [0.15, 0.2) is 54.6 Å². The number of anilines is 1. The molecule has 2 heterocycles. The van der Waals surface area contributed by atoms with Crippen LogP contribution in [0.2, 0.25) is 0 Å². The smallest absolute Gasteiger partial charge is 0.318 e. The number of hydrogen-bond donors (Lipinski definition) is 1. The van der Waals surface area contributed by atoms with Crippen molar-refractivity contribution in [3.05, 3.63) is 60.2 Å². The van der Waals surface area contributed by atoms with Gasteiger partial charge in [-0.25, -0.2) is 4.79 Å². The lowest BCUT2D eigenvalue weighted by molar-refractivity contribution is -0.134. The number of hydrogen-bond acceptors (Lipinski definition) is 4. The van der Waals surface area contributed by atoms with Crippen molar-refractivity contribution < 1.29 is 14.3 Å². The summed E-state index contributed by atoms with van der Waals surface area (Å²) in [5.74, 6) is 1.88. The van der Waals surface area contributed by atoms with Crippen molar-refractivity contribution in [3.8, 4) is 5.75 Å². The monoisotopic (exact) mass is 590 g/mol. The maximum absolute atomic E-state index is 13.7. The molecule has 2 aromatic carbocycles. The third kappa shape index (κ3) is 10.2. The summed E-state index contributed by atoms with van der Waals surface area (Å²) < 4.78 is 6.04. The standard InChI is InChI=1S/C36H54N4O3/c1-28(2)18-25-40(31-14-16-33(17-15-31)43-27-30-12-8-7-9-13-30)32-19-23-38(24-20-32)35(41)34(26-29(3)4)37-36(42)39-21-10-5-6-11-22-39/h7-9,12-17,28-29,32,34H,5-6,10-11,18-27H2,1-4H3,(H,37,42)/t34-/m0/s1. The molecule has 2 saturated heterocycles. The molecule has 2 fully saturated rings. The van der Waals surface area contributed by atoms with E-state index in [0.717, 1.165) is 63.1 Å². The summed E-state index contributed by atoms with van der Waals surface area (Å²) in [5.41, 5.74) is 2.36. The van der Waals surface area contributed by atoms with E-state index < -0.39 is 6.04 Å². The van der Waals surface area contributed by atoms with Crippen LogP contribution >= 0.6 is 0 Å². The van der Waals surface area contributed by atoms with Gasteiger partial charge in [0.15, 0.2) is 0 Å². The van der Waals surface area contributed by atoms with E-state index in [4.69, 9.17) is 4.74 Å². The van der Waals surface area contributed by atoms with Gasteiger partial charge in [0.1, 0.15) is 18.4 Å². The molecule has 0 aromatic heterocycles. The largest absolute Gasteiger partial charge is 0.489 e. The Balaban J connectivity index is 1.36. The van der Waals surface area contributed by atoms with E-state index in [1.54, 1.807) is 0 Å². The Morgan fingerprint density at radius 2 is 1.49 bits per heavy atom. The lowest BCUT2D eigenvalue weighted by Gasteiger charge is -2.41. The van der Waals surface area contributed by atoms with Crippen molar-refractivity contribution in [1.29, 1.82) is 0 Å². The zero-order valence-corrected chi connectivity index (χ0v) is 27.0. The second-order valence-electron chi connectivity index (χ2n) is 13.2. The molecule has 43 heavy (non-hydrogen) atoms. The molecule has 2 aromatic rings. The summed E-state index contributed by atoms with van der Waals surface area (Å²) in [6, 6.07) is 18.6. The molecule has 0 bridgehead atoms. The van der Waals surface area contributed by atoms with Gasteiger partial charge in [0.2, 0.25) is 5.91 Å². The topological polar surface area (TPSA) is 65.1 Å². The third-order valence-electron chi connectivity index (χ3n) is 8.78. The van der Waals surface area contributed by atoms with Crippen LogP contribution < -0.4 is 15.0 Å². The van der Waals surface area contributed by atoms with Crippen molar-refractivity contribution in [2.24, 2.45) is 11.8 Å². The summed E-state index contributed by atoms with van der Waals surface area (Å²) in [7, 11) is 0. The minimum Gasteiger partial charge on any atom is -0.489 e. The second kappa shape index (κ2) is 16.6. The molecule has 236 valence electrons. The number of nitrogens with zero attached hydrogens (tertiary/aromatic N) is 3. The zero-order valence-electron chi connectivity index (χ0n) is 27.0. The van der Waals surface area contributed by atoms with E-state index in [2.05, 4.69) is 74.3 Å². The lowest BCUT2D eigenvalue weighted by Crippen LogP contribution is -2.55. The second-order valence-corrected chi connectivity index (χ2v) is 13.2. The van der Waals surface area contributed by atoms with Crippen LogP contribution in [0.4, 0.5) is 10.5 Å². The molecule has 7 heteroatoms. The molecule has 2 aliphatic heterocycles. The van der Waals surface area contributed by atoms with Gasteiger partial charge in [-0.2, -0.15) is 0 Å². The number of rotatable bonds is 12. The van der Waals surface area contributed by atoms with Gasteiger partial charge in [-0.05, 0) is 80.2 Å². The fourth-order valence-corrected chi connectivity index (χ4v) is 6.22. The van der Waals surface area contributed by atoms with Crippen molar-refractivity contribution in [2.45, 2.75) is 97.8 Å². The van der Waals surface area contributed by atoms with Crippen LogP contribution in [0, 0.1) is 11.8 Å². The molecule has 4 rings (SSSR count). The van der Waals surface area contributed by atoms with Gasteiger partial charge in [-0.15, -0.1) is 0 Å². The van der Waals surface area contributed by atoms with Crippen molar-refractivity contribution >= 4 is 17.6 Å². The SMILES string of the molecule is CC(C)CCN(c1ccc(OCc2ccccc2)cc1)C1CCN(C(=O)[C@H](CC(C)C)NC(=O)N2CCCCCC2)CC1. The van der Waals surface area contributed by atoms with Gasteiger partial charge in [-0.1, -0.05) is 70.9 Å². The molecule has 2 aliphatic rings. The predicted octanol–water partition coefficient (Wildman–Crippen LogP) is 7.11. The molecule has 0 radical (unpaired) electrons. The zero-order chi connectivity index (χ0) is 30.6. The fourth-order valence-electron chi connectivity index (χ4n) is 6.22. The number of likely N-dealkylation sites (tertiary alicyclic amines) is 2. The Hall–Kier alpha value is -3.22. The number of carbonyl (C=O) groups excluding carboxylic acids is 2. The fraction of sp³-hybridized carbons (Fsp3) is 0.611.